The number of nitrogens with one attached hydrogen (secondary N) is 1. The zero-order valence-corrected chi connectivity index (χ0v) is 18.7. The number of hydrogen-bond donors (Lipinski definition) is 2. The Kier molecular flexibility index (Phi) is 6.49. The number of hydrogen-bond acceptors (Lipinski definition) is 5. The molecule has 0 atom stereocenters. The van der Waals surface area contributed by atoms with Crippen molar-refractivity contribution in [1.29, 1.82) is 0 Å². The van der Waals surface area contributed by atoms with Crippen LogP contribution in [0.2, 0.25) is 5.02 Å². The number of aromatic hydroxyl groups is 1. The summed E-state index contributed by atoms with van der Waals surface area (Å²) in [6.07, 6.45) is 1.52. The third-order valence-electron chi connectivity index (χ3n) is 3.66. The van der Waals surface area contributed by atoms with Crippen LogP contribution < -0.4 is 5.32 Å². The molecule has 0 spiro atoms. The van der Waals surface area contributed by atoms with Gasteiger partial charge in [0.1, 0.15) is 12.3 Å². The molecule has 0 aliphatic carbocycles. The van der Waals surface area contributed by atoms with Gasteiger partial charge < -0.3 is 10.4 Å². The molecule has 1 saturated heterocycles. The highest BCUT2D eigenvalue weighted by atomic mass is 79.9. The van der Waals surface area contributed by atoms with Crippen LogP contribution in [0.1, 0.15) is 5.56 Å². The quantitative estimate of drug-likeness (QED) is 0.512. The van der Waals surface area contributed by atoms with E-state index in [9.17, 15) is 19.5 Å². The molecule has 2 aromatic carbocycles. The van der Waals surface area contributed by atoms with Crippen molar-refractivity contribution in [1.82, 2.24) is 4.90 Å². The maximum Gasteiger partial charge on any atom is 0.294 e. The first kappa shape index (κ1) is 20.9. The molecule has 0 bridgehead atoms. The minimum absolute atomic E-state index is 0.0292. The Morgan fingerprint density at radius 3 is 2.50 bits per heavy atom. The molecule has 6 nitrogen and oxygen atoms in total. The van der Waals surface area contributed by atoms with Gasteiger partial charge >= 0.3 is 0 Å². The Morgan fingerprint density at radius 2 is 1.86 bits per heavy atom. The summed E-state index contributed by atoms with van der Waals surface area (Å²) >= 11 is 13.2. The lowest BCUT2D eigenvalue weighted by atomic mass is 10.2. The van der Waals surface area contributed by atoms with E-state index in [1.54, 1.807) is 36.4 Å². The molecule has 1 heterocycles. The third-order valence-corrected chi connectivity index (χ3v) is 6.11. The lowest BCUT2D eigenvalue weighted by molar-refractivity contribution is -0.127. The maximum absolute atomic E-state index is 12.5. The number of thioether (sulfide) groups is 1. The Labute approximate surface area is 186 Å². The predicted octanol–water partition coefficient (Wildman–Crippen LogP) is 5.25. The number of halogens is 3. The van der Waals surface area contributed by atoms with Gasteiger partial charge in [-0.05, 0) is 79.5 Å². The minimum Gasteiger partial charge on any atom is -0.506 e. The van der Waals surface area contributed by atoms with Crippen molar-refractivity contribution >= 4 is 84.0 Å². The second-order valence-electron chi connectivity index (χ2n) is 5.63. The molecule has 10 heteroatoms. The molecular formula is C18H11Br2ClN2O4S. The van der Waals surface area contributed by atoms with Crippen LogP contribution >= 0.6 is 55.2 Å². The number of carbonyl (C=O) groups excluding carboxylic acids is 3. The van der Waals surface area contributed by atoms with E-state index in [0.29, 0.717) is 25.2 Å². The van der Waals surface area contributed by atoms with Gasteiger partial charge in [0.15, 0.2) is 0 Å². The zero-order chi connectivity index (χ0) is 20.4. The van der Waals surface area contributed by atoms with E-state index >= 15 is 0 Å². The number of para-hydroxylation sites is 1. The summed E-state index contributed by atoms with van der Waals surface area (Å²) in [7, 11) is 0. The Bertz CT molecular complexity index is 1010. The molecule has 2 N–H and O–H groups in total. The molecule has 2 aromatic rings. The molecule has 0 radical (unpaired) electrons. The molecule has 1 fully saturated rings. The lowest BCUT2D eigenvalue weighted by Gasteiger charge is -2.13. The Hall–Kier alpha value is -1.81. The molecule has 144 valence electrons. The topological polar surface area (TPSA) is 86.7 Å². The molecule has 0 saturated carbocycles. The van der Waals surface area contributed by atoms with E-state index in [1.807, 2.05) is 0 Å². The molecule has 3 amide bonds. The van der Waals surface area contributed by atoms with Crippen LogP contribution in [0.25, 0.3) is 6.08 Å². The van der Waals surface area contributed by atoms with Crippen molar-refractivity contribution in [3.8, 4) is 5.75 Å². The maximum atomic E-state index is 12.5. The first-order valence-corrected chi connectivity index (χ1v) is 10.5. The van der Waals surface area contributed by atoms with Crippen LogP contribution in [0.4, 0.5) is 10.5 Å². The van der Waals surface area contributed by atoms with Gasteiger partial charge in [0, 0.05) is 0 Å². The van der Waals surface area contributed by atoms with Crippen molar-refractivity contribution in [2.24, 2.45) is 0 Å². The number of anilines is 1. The molecule has 0 aromatic heterocycles. The highest BCUT2D eigenvalue weighted by Crippen LogP contribution is 2.36. The number of carbonyl (C=O) groups is 3. The first-order valence-electron chi connectivity index (χ1n) is 7.74. The summed E-state index contributed by atoms with van der Waals surface area (Å²) < 4.78 is 0.873. The molecule has 1 aliphatic heterocycles. The second-order valence-corrected chi connectivity index (χ2v) is 8.74. The minimum atomic E-state index is -0.565. The highest BCUT2D eigenvalue weighted by Gasteiger charge is 2.36. The van der Waals surface area contributed by atoms with E-state index in [2.05, 4.69) is 37.2 Å². The van der Waals surface area contributed by atoms with Crippen molar-refractivity contribution in [2.45, 2.75) is 0 Å². The normalized spacial score (nSPS) is 15.4. The standard InChI is InChI=1S/C18H11Br2ClN2O4S/c19-10-5-9(6-11(20)16(10)25)7-14-17(26)23(18(27)28-14)8-15(24)22-13-4-2-1-3-12(13)21/h1-7,25H,8H2,(H,22,24)/b14-7+. The van der Waals surface area contributed by atoms with Gasteiger partial charge in [0.2, 0.25) is 5.91 Å². The van der Waals surface area contributed by atoms with E-state index in [0.717, 1.165) is 16.7 Å². The smallest absolute Gasteiger partial charge is 0.294 e. The van der Waals surface area contributed by atoms with Gasteiger partial charge in [-0.15, -0.1) is 0 Å². The summed E-state index contributed by atoms with van der Waals surface area (Å²) in [6, 6.07) is 9.89. The van der Waals surface area contributed by atoms with Crippen molar-refractivity contribution in [3.63, 3.8) is 0 Å². The second kappa shape index (κ2) is 8.69. The average Bonchev–Trinajstić information content (AvgIpc) is 2.89. The molecule has 3 rings (SSSR count). The van der Waals surface area contributed by atoms with Crippen LogP contribution in [0.3, 0.4) is 0 Å². The SMILES string of the molecule is O=C(CN1C(=O)S/C(=C/c2cc(Br)c(O)c(Br)c2)C1=O)Nc1ccccc1Cl. The van der Waals surface area contributed by atoms with Gasteiger partial charge in [0.05, 0.1) is 24.6 Å². The number of benzene rings is 2. The van der Waals surface area contributed by atoms with Gasteiger partial charge in [-0.1, -0.05) is 23.7 Å². The number of amides is 3. The number of nitrogens with zero attached hydrogens (tertiary/aromatic N) is 1. The fourth-order valence-corrected chi connectivity index (χ4v) is 4.60. The molecule has 28 heavy (non-hydrogen) atoms. The van der Waals surface area contributed by atoms with Gasteiger partial charge in [0.25, 0.3) is 11.1 Å². The molecule has 0 unspecified atom stereocenters. The first-order chi connectivity index (χ1) is 13.3. The van der Waals surface area contributed by atoms with Crippen molar-refractivity contribution in [3.05, 3.63) is 60.8 Å². The van der Waals surface area contributed by atoms with Gasteiger partial charge in [-0.3, -0.25) is 19.3 Å². The van der Waals surface area contributed by atoms with Gasteiger partial charge in [-0.25, -0.2) is 0 Å². The van der Waals surface area contributed by atoms with Crippen LogP contribution in [0, 0.1) is 0 Å². The fourth-order valence-electron chi connectivity index (χ4n) is 2.35. The Morgan fingerprint density at radius 1 is 1.21 bits per heavy atom. The summed E-state index contributed by atoms with van der Waals surface area (Å²) in [5.74, 6) is -1.07. The lowest BCUT2D eigenvalue weighted by Crippen LogP contribution is -2.36. The number of phenols is 1. The van der Waals surface area contributed by atoms with E-state index in [1.165, 1.54) is 6.08 Å². The Balaban J connectivity index is 1.75. The van der Waals surface area contributed by atoms with Gasteiger partial charge in [-0.2, -0.15) is 0 Å². The van der Waals surface area contributed by atoms with Crippen LogP contribution in [0.15, 0.2) is 50.2 Å². The largest absolute Gasteiger partial charge is 0.506 e. The van der Waals surface area contributed by atoms with Crippen molar-refractivity contribution in [2.75, 3.05) is 11.9 Å². The highest BCUT2D eigenvalue weighted by molar-refractivity contribution is 9.11. The number of rotatable bonds is 4. The fraction of sp³-hybridized carbons (Fsp3) is 0.0556. The number of imide groups is 1. The number of phenolic OH excluding ortho intramolecular Hbond substituents is 1. The summed E-state index contributed by atoms with van der Waals surface area (Å²) in [5.41, 5.74) is 0.998. The van der Waals surface area contributed by atoms with Crippen LogP contribution in [-0.4, -0.2) is 33.6 Å². The third kappa shape index (κ3) is 4.60. The average molecular weight is 547 g/mol. The predicted molar refractivity (Wildman–Crippen MR) is 116 cm³/mol. The van der Waals surface area contributed by atoms with E-state index in [-0.39, 0.29) is 10.7 Å². The zero-order valence-electron chi connectivity index (χ0n) is 13.9. The van der Waals surface area contributed by atoms with Crippen LogP contribution in [-0.2, 0) is 9.59 Å². The summed E-state index contributed by atoms with van der Waals surface area (Å²) in [4.78, 5) is 38.0. The van der Waals surface area contributed by atoms with Crippen LogP contribution in [0.5, 0.6) is 5.75 Å². The van der Waals surface area contributed by atoms with E-state index < -0.39 is 23.6 Å². The van der Waals surface area contributed by atoms with E-state index in [4.69, 9.17) is 11.6 Å². The monoisotopic (exact) mass is 544 g/mol. The van der Waals surface area contributed by atoms with Crippen molar-refractivity contribution < 1.29 is 19.5 Å². The summed E-state index contributed by atoms with van der Waals surface area (Å²) in [5, 5.41) is 12.2. The summed E-state index contributed by atoms with van der Waals surface area (Å²) in [6.45, 7) is -0.420. The molecule has 1 aliphatic rings. The molecular weight excluding hydrogens is 536 g/mol.